The van der Waals surface area contributed by atoms with Crippen molar-refractivity contribution < 1.29 is 24.1 Å². The summed E-state index contributed by atoms with van der Waals surface area (Å²) in [4.78, 5) is 11.6. The summed E-state index contributed by atoms with van der Waals surface area (Å²) < 4.78 is 17.5. The number of benzene rings is 2. The molecule has 1 heterocycles. The van der Waals surface area contributed by atoms with Crippen LogP contribution in [0.15, 0.2) is 36.4 Å². The van der Waals surface area contributed by atoms with E-state index in [0.717, 1.165) is 61.0 Å². The van der Waals surface area contributed by atoms with Crippen molar-refractivity contribution in [2.75, 3.05) is 39.5 Å². The molecular formula is C28H36N2O5. The molecule has 0 unspecified atom stereocenters. The third-order valence-electron chi connectivity index (χ3n) is 7.04. The highest BCUT2D eigenvalue weighted by atomic mass is 16.5. The molecule has 1 amide bonds. The maximum atomic E-state index is 11.6. The topological polar surface area (TPSA) is 89.1 Å². The SMILES string of the molecule is O=C1NCc2cc(OCCNC[C@H](O)COc3ccc4c(c3)CC[C@@H](COCC3CC3)C4)ccc21. The minimum Gasteiger partial charge on any atom is -0.492 e. The summed E-state index contributed by atoms with van der Waals surface area (Å²) in [7, 11) is 0. The van der Waals surface area contributed by atoms with Gasteiger partial charge >= 0.3 is 0 Å². The van der Waals surface area contributed by atoms with Gasteiger partial charge in [-0.1, -0.05) is 6.07 Å². The third kappa shape index (κ3) is 6.75. The summed E-state index contributed by atoms with van der Waals surface area (Å²) in [6, 6.07) is 11.8. The summed E-state index contributed by atoms with van der Waals surface area (Å²) in [6.07, 6.45) is 5.38. The molecule has 2 aromatic carbocycles. The maximum absolute atomic E-state index is 11.6. The predicted molar refractivity (Wildman–Crippen MR) is 133 cm³/mol. The fraction of sp³-hybridized carbons (Fsp3) is 0.536. The highest BCUT2D eigenvalue weighted by molar-refractivity contribution is 5.98. The summed E-state index contributed by atoms with van der Waals surface area (Å²) in [6.45, 7) is 4.13. The number of aliphatic hydroxyl groups excluding tert-OH is 1. The van der Waals surface area contributed by atoms with Gasteiger partial charge in [0.25, 0.3) is 5.91 Å². The molecule has 0 radical (unpaired) electrons. The van der Waals surface area contributed by atoms with Gasteiger partial charge in [0, 0.05) is 38.4 Å². The average molecular weight is 481 g/mol. The van der Waals surface area contributed by atoms with E-state index in [9.17, 15) is 9.90 Å². The highest BCUT2D eigenvalue weighted by Crippen LogP contribution is 2.31. The number of hydrogen-bond acceptors (Lipinski definition) is 6. The van der Waals surface area contributed by atoms with E-state index in [-0.39, 0.29) is 12.5 Å². The molecule has 3 aliphatic rings. The van der Waals surface area contributed by atoms with Gasteiger partial charge in [-0.15, -0.1) is 0 Å². The van der Waals surface area contributed by atoms with Crippen LogP contribution in [-0.2, 0) is 24.1 Å². The fourth-order valence-corrected chi connectivity index (χ4v) is 4.78. The Morgan fingerprint density at radius 3 is 2.66 bits per heavy atom. The lowest BCUT2D eigenvalue weighted by atomic mass is 9.84. The van der Waals surface area contributed by atoms with Gasteiger partial charge in [0.05, 0.1) is 0 Å². The van der Waals surface area contributed by atoms with Crippen LogP contribution in [0.4, 0.5) is 0 Å². The Morgan fingerprint density at radius 1 is 0.971 bits per heavy atom. The van der Waals surface area contributed by atoms with Crippen molar-refractivity contribution >= 4 is 5.91 Å². The number of aryl methyl sites for hydroxylation is 1. The summed E-state index contributed by atoms with van der Waals surface area (Å²) >= 11 is 0. The van der Waals surface area contributed by atoms with Crippen molar-refractivity contribution in [2.24, 2.45) is 11.8 Å². The first-order valence-corrected chi connectivity index (χ1v) is 12.9. The van der Waals surface area contributed by atoms with E-state index in [4.69, 9.17) is 14.2 Å². The zero-order valence-corrected chi connectivity index (χ0v) is 20.3. The van der Waals surface area contributed by atoms with Crippen molar-refractivity contribution in [2.45, 2.75) is 44.8 Å². The van der Waals surface area contributed by atoms with Gasteiger partial charge < -0.3 is 30.0 Å². The fourth-order valence-electron chi connectivity index (χ4n) is 4.78. The number of amides is 1. The second-order valence-electron chi connectivity index (χ2n) is 10.0. The molecule has 5 rings (SSSR count). The number of carbonyl (C=O) groups is 1. The first-order valence-electron chi connectivity index (χ1n) is 12.9. The molecule has 7 nitrogen and oxygen atoms in total. The number of rotatable bonds is 13. The molecular weight excluding hydrogens is 444 g/mol. The minimum atomic E-state index is -0.601. The lowest BCUT2D eigenvalue weighted by molar-refractivity contribution is 0.0864. The normalized spacial score (nSPS) is 19.6. The van der Waals surface area contributed by atoms with Crippen LogP contribution in [0.3, 0.4) is 0 Å². The zero-order valence-electron chi connectivity index (χ0n) is 20.3. The lowest BCUT2D eigenvalue weighted by Gasteiger charge is -2.25. The van der Waals surface area contributed by atoms with Crippen molar-refractivity contribution in [3.8, 4) is 11.5 Å². The largest absolute Gasteiger partial charge is 0.492 e. The Balaban J connectivity index is 0.965. The quantitative estimate of drug-likeness (QED) is 0.382. The van der Waals surface area contributed by atoms with Crippen molar-refractivity contribution in [1.82, 2.24) is 10.6 Å². The molecule has 3 N–H and O–H groups in total. The first-order chi connectivity index (χ1) is 17.1. The van der Waals surface area contributed by atoms with Crippen LogP contribution in [0.5, 0.6) is 11.5 Å². The predicted octanol–water partition coefficient (Wildman–Crippen LogP) is 2.87. The van der Waals surface area contributed by atoms with E-state index >= 15 is 0 Å². The van der Waals surface area contributed by atoms with Crippen LogP contribution >= 0.6 is 0 Å². The zero-order chi connectivity index (χ0) is 24.0. The van der Waals surface area contributed by atoms with E-state index in [1.807, 2.05) is 18.2 Å². The lowest BCUT2D eigenvalue weighted by Crippen LogP contribution is -2.33. The molecule has 0 aromatic heterocycles. The molecule has 0 bridgehead atoms. The maximum Gasteiger partial charge on any atom is 0.251 e. The molecule has 1 fully saturated rings. The molecule has 7 heteroatoms. The monoisotopic (exact) mass is 480 g/mol. The Hall–Kier alpha value is -2.61. The van der Waals surface area contributed by atoms with E-state index in [0.29, 0.717) is 32.2 Å². The third-order valence-corrected chi connectivity index (χ3v) is 7.04. The molecule has 2 atom stereocenters. The van der Waals surface area contributed by atoms with Gasteiger partial charge in [0.15, 0.2) is 0 Å². The van der Waals surface area contributed by atoms with E-state index in [1.54, 1.807) is 6.07 Å². The molecule has 0 spiro atoms. The van der Waals surface area contributed by atoms with Crippen LogP contribution in [0, 0.1) is 11.8 Å². The molecule has 0 saturated heterocycles. The highest BCUT2D eigenvalue weighted by Gasteiger charge is 2.24. The Kier molecular flexibility index (Phi) is 7.86. The van der Waals surface area contributed by atoms with Crippen LogP contribution in [0.1, 0.15) is 46.3 Å². The molecule has 1 saturated carbocycles. The number of hydrogen-bond donors (Lipinski definition) is 3. The van der Waals surface area contributed by atoms with Gasteiger partial charge in [-0.3, -0.25) is 4.79 Å². The molecule has 188 valence electrons. The Bertz CT molecular complexity index is 1020. The second-order valence-corrected chi connectivity index (χ2v) is 10.0. The van der Waals surface area contributed by atoms with Gasteiger partial charge in [0.2, 0.25) is 0 Å². The summed E-state index contributed by atoms with van der Waals surface area (Å²) in [5.74, 6) is 2.98. The van der Waals surface area contributed by atoms with Crippen LogP contribution in [-0.4, -0.2) is 56.6 Å². The van der Waals surface area contributed by atoms with Gasteiger partial charge in [0.1, 0.15) is 30.8 Å². The van der Waals surface area contributed by atoms with E-state index in [1.165, 1.54) is 24.0 Å². The van der Waals surface area contributed by atoms with Crippen molar-refractivity contribution in [3.63, 3.8) is 0 Å². The first kappa shape index (κ1) is 24.1. The van der Waals surface area contributed by atoms with Gasteiger partial charge in [-0.2, -0.15) is 0 Å². The van der Waals surface area contributed by atoms with Crippen LogP contribution in [0.25, 0.3) is 0 Å². The second kappa shape index (κ2) is 11.4. The number of ether oxygens (including phenoxy) is 3. The number of carbonyl (C=O) groups excluding carboxylic acids is 1. The molecule has 35 heavy (non-hydrogen) atoms. The van der Waals surface area contributed by atoms with Crippen molar-refractivity contribution in [1.29, 1.82) is 0 Å². The smallest absolute Gasteiger partial charge is 0.251 e. The Labute approximate surface area is 207 Å². The molecule has 2 aliphatic carbocycles. The van der Waals surface area contributed by atoms with E-state index in [2.05, 4.69) is 22.8 Å². The van der Waals surface area contributed by atoms with Gasteiger partial charge in [-0.05, 0) is 91.0 Å². The number of aliphatic hydroxyl groups is 1. The Morgan fingerprint density at radius 2 is 1.77 bits per heavy atom. The van der Waals surface area contributed by atoms with Crippen LogP contribution < -0.4 is 20.1 Å². The van der Waals surface area contributed by atoms with Crippen LogP contribution in [0.2, 0.25) is 0 Å². The molecule has 1 aliphatic heterocycles. The number of nitrogens with one attached hydrogen (secondary N) is 2. The molecule has 2 aromatic rings. The van der Waals surface area contributed by atoms with Crippen molar-refractivity contribution in [3.05, 3.63) is 58.7 Å². The number of fused-ring (bicyclic) bond motifs is 2. The van der Waals surface area contributed by atoms with Gasteiger partial charge in [-0.25, -0.2) is 0 Å². The van der Waals surface area contributed by atoms with E-state index < -0.39 is 6.10 Å². The average Bonchev–Trinajstić information content (AvgIpc) is 3.63. The summed E-state index contributed by atoms with van der Waals surface area (Å²) in [5, 5.41) is 16.3. The standard InChI is InChI=1S/C28H36N2O5/c31-24(15-29-9-10-34-25-7-8-27-23(13-25)14-30-28(27)32)18-35-26-6-5-21-11-20(3-4-22(21)12-26)17-33-16-19-1-2-19/h5-8,12-13,19-20,24,29,31H,1-4,9-11,14-18H2,(H,30,32)/t20-,24+/m1/s1. The minimum absolute atomic E-state index is 0.0297. The summed E-state index contributed by atoms with van der Waals surface area (Å²) in [5.41, 5.74) is 4.44.